The lowest BCUT2D eigenvalue weighted by atomic mass is 10.0. The molecule has 0 aromatic carbocycles. The van der Waals surface area contributed by atoms with Crippen LogP contribution in [0, 0.1) is 0 Å². The smallest absolute Gasteiger partial charge is 0.166 e. The Bertz CT molecular complexity index is 382. The van der Waals surface area contributed by atoms with E-state index in [1.54, 1.807) is 0 Å². The minimum atomic E-state index is -0.721. The van der Waals surface area contributed by atoms with Crippen molar-refractivity contribution in [2.24, 2.45) is 0 Å². The summed E-state index contributed by atoms with van der Waals surface area (Å²) in [7, 11) is 0. The molecule has 0 aliphatic heterocycles. The number of hydrogen-bond acceptors (Lipinski definition) is 4. The van der Waals surface area contributed by atoms with E-state index in [9.17, 15) is 4.79 Å². The quantitative estimate of drug-likeness (QED) is 0.443. The van der Waals surface area contributed by atoms with Crippen LogP contribution in [0.1, 0.15) is 61.3 Å². The van der Waals surface area contributed by atoms with Crippen molar-refractivity contribution >= 4 is 23.1 Å². The monoisotopic (exact) mass is 346 g/mol. The van der Waals surface area contributed by atoms with E-state index in [2.05, 4.69) is 10.6 Å². The van der Waals surface area contributed by atoms with Crippen LogP contribution in [0.25, 0.3) is 0 Å². The summed E-state index contributed by atoms with van der Waals surface area (Å²) in [6.07, 6.45) is 1.21. The van der Waals surface area contributed by atoms with Gasteiger partial charge in [0.15, 0.2) is 10.9 Å². The Balaban J connectivity index is 3.97. The summed E-state index contributed by atoms with van der Waals surface area (Å²) < 4.78 is 11.6. The Morgan fingerprint density at radius 1 is 1.13 bits per heavy atom. The maximum atomic E-state index is 11.8. The van der Waals surface area contributed by atoms with Gasteiger partial charge in [-0.2, -0.15) is 0 Å². The van der Waals surface area contributed by atoms with Crippen LogP contribution in [0.15, 0.2) is 0 Å². The second kappa shape index (κ2) is 10.2. The number of ether oxygens (including phenoxy) is 2. The Labute approximate surface area is 146 Å². The van der Waals surface area contributed by atoms with Gasteiger partial charge in [0.25, 0.3) is 0 Å². The van der Waals surface area contributed by atoms with Gasteiger partial charge >= 0.3 is 0 Å². The highest BCUT2D eigenvalue weighted by molar-refractivity contribution is 7.80. The molecule has 0 saturated heterocycles. The number of thiocarbonyl (C=S) groups is 1. The number of carbonyl (C=O) groups is 1. The standard InChI is InChI=1S/C17H34N2O3S/c1-8-14(20)17(6,7)22-11-9-16(4,5)21-12-10-18-15(23)19-13(2)3/h13H,8-12H2,1-7H3,(H2,18,19,23). The van der Waals surface area contributed by atoms with Crippen LogP contribution < -0.4 is 10.6 Å². The van der Waals surface area contributed by atoms with E-state index in [1.165, 1.54) is 0 Å². The molecule has 5 nitrogen and oxygen atoms in total. The van der Waals surface area contributed by atoms with Crippen molar-refractivity contribution in [2.75, 3.05) is 19.8 Å². The molecular formula is C17H34N2O3S. The second-order valence-corrected chi connectivity index (χ2v) is 7.46. The molecule has 0 aromatic heterocycles. The van der Waals surface area contributed by atoms with Crippen molar-refractivity contribution in [1.82, 2.24) is 10.6 Å². The van der Waals surface area contributed by atoms with E-state index in [-0.39, 0.29) is 11.4 Å². The highest BCUT2D eigenvalue weighted by Gasteiger charge is 2.28. The van der Waals surface area contributed by atoms with Gasteiger partial charge in [0.05, 0.1) is 18.8 Å². The molecule has 6 heteroatoms. The summed E-state index contributed by atoms with van der Waals surface area (Å²) in [5, 5.41) is 6.87. The lowest BCUT2D eigenvalue weighted by Crippen LogP contribution is -2.41. The Kier molecular flexibility index (Phi) is 9.89. The molecule has 0 saturated carbocycles. The summed E-state index contributed by atoms with van der Waals surface area (Å²) >= 11 is 5.15. The van der Waals surface area contributed by atoms with E-state index >= 15 is 0 Å². The molecule has 0 rings (SSSR count). The number of rotatable bonds is 11. The lowest BCUT2D eigenvalue weighted by Gasteiger charge is -2.29. The van der Waals surface area contributed by atoms with E-state index in [4.69, 9.17) is 21.7 Å². The van der Waals surface area contributed by atoms with Gasteiger partial charge in [-0.25, -0.2) is 0 Å². The molecule has 0 fully saturated rings. The summed E-state index contributed by atoms with van der Waals surface area (Å²) in [5.74, 6) is 0.117. The molecule has 2 N–H and O–H groups in total. The van der Waals surface area contributed by atoms with Crippen molar-refractivity contribution in [2.45, 2.75) is 78.6 Å². The highest BCUT2D eigenvalue weighted by Crippen LogP contribution is 2.18. The second-order valence-electron chi connectivity index (χ2n) is 7.05. The zero-order valence-electron chi connectivity index (χ0n) is 15.7. The molecule has 0 amide bonds. The van der Waals surface area contributed by atoms with Crippen molar-refractivity contribution < 1.29 is 14.3 Å². The molecule has 0 bridgehead atoms. The summed E-state index contributed by atoms with van der Waals surface area (Å²) in [4.78, 5) is 11.8. The molecule has 0 unspecified atom stereocenters. The maximum Gasteiger partial charge on any atom is 0.166 e. The fraction of sp³-hybridized carbons (Fsp3) is 0.882. The molecule has 0 spiro atoms. The molecule has 0 aliphatic carbocycles. The number of Topliss-reactive ketones (excluding diaryl/α,β-unsaturated/α-hetero) is 1. The third-order valence-corrected chi connectivity index (χ3v) is 3.72. The van der Waals surface area contributed by atoms with E-state index in [0.717, 1.165) is 6.42 Å². The predicted molar refractivity (Wildman–Crippen MR) is 98.8 cm³/mol. The van der Waals surface area contributed by atoms with Gasteiger partial charge in [-0.05, 0) is 60.2 Å². The Hall–Kier alpha value is -0.720. The van der Waals surface area contributed by atoms with Gasteiger partial charge in [-0.3, -0.25) is 4.79 Å². The first-order valence-corrected chi connectivity index (χ1v) is 8.76. The molecule has 23 heavy (non-hydrogen) atoms. The number of hydrogen-bond donors (Lipinski definition) is 2. The first-order chi connectivity index (χ1) is 10.5. The average molecular weight is 347 g/mol. The summed E-state index contributed by atoms with van der Waals surface area (Å²) in [5.41, 5.74) is -1.03. The van der Waals surface area contributed by atoms with Crippen LogP contribution >= 0.6 is 12.2 Å². The van der Waals surface area contributed by atoms with Gasteiger partial charge < -0.3 is 20.1 Å². The van der Waals surface area contributed by atoms with Crippen LogP contribution in [0.4, 0.5) is 0 Å². The fourth-order valence-corrected chi connectivity index (χ4v) is 2.27. The van der Waals surface area contributed by atoms with Gasteiger partial charge in [-0.1, -0.05) is 6.92 Å². The Morgan fingerprint density at radius 2 is 1.74 bits per heavy atom. The van der Waals surface area contributed by atoms with Crippen LogP contribution in [0.3, 0.4) is 0 Å². The molecule has 0 radical (unpaired) electrons. The van der Waals surface area contributed by atoms with E-state index in [1.807, 2.05) is 48.5 Å². The van der Waals surface area contributed by atoms with Gasteiger partial charge in [0, 0.05) is 19.0 Å². The van der Waals surface area contributed by atoms with Crippen LogP contribution in [0.2, 0.25) is 0 Å². The zero-order chi connectivity index (χ0) is 18.1. The molecular weight excluding hydrogens is 312 g/mol. The summed E-state index contributed by atoms with van der Waals surface area (Å²) in [6, 6.07) is 0.318. The highest BCUT2D eigenvalue weighted by atomic mass is 32.1. The van der Waals surface area contributed by atoms with Crippen LogP contribution in [0.5, 0.6) is 0 Å². The minimum absolute atomic E-state index is 0.117. The van der Waals surface area contributed by atoms with Crippen molar-refractivity contribution in [1.29, 1.82) is 0 Å². The predicted octanol–water partition coefficient (Wildman–Crippen LogP) is 2.82. The third kappa shape index (κ3) is 10.6. The molecule has 0 heterocycles. The average Bonchev–Trinajstić information content (AvgIpc) is 2.41. The maximum absolute atomic E-state index is 11.8. The topological polar surface area (TPSA) is 59.6 Å². The summed E-state index contributed by atoms with van der Waals surface area (Å²) in [6.45, 7) is 15.3. The number of ketones is 1. The largest absolute Gasteiger partial charge is 0.374 e. The van der Waals surface area contributed by atoms with Crippen molar-refractivity contribution in [3.63, 3.8) is 0 Å². The first kappa shape index (κ1) is 22.3. The third-order valence-electron chi connectivity index (χ3n) is 3.46. The Morgan fingerprint density at radius 3 is 2.26 bits per heavy atom. The van der Waals surface area contributed by atoms with E-state index in [0.29, 0.717) is 37.3 Å². The first-order valence-electron chi connectivity index (χ1n) is 8.35. The van der Waals surface area contributed by atoms with E-state index < -0.39 is 5.60 Å². The van der Waals surface area contributed by atoms with Gasteiger partial charge in [-0.15, -0.1) is 0 Å². The van der Waals surface area contributed by atoms with Gasteiger partial charge in [0.1, 0.15) is 5.60 Å². The van der Waals surface area contributed by atoms with Crippen molar-refractivity contribution in [3.05, 3.63) is 0 Å². The fourth-order valence-electron chi connectivity index (χ4n) is 1.94. The zero-order valence-corrected chi connectivity index (χ0v) is 16.6. The lowest BCUT2D eigenvalue weighted by molar-refractivity contribution is -0.142. The SMILES string of the molecule is CCC(=O)C(C)(C)OCCC(C)(C)OCCNC(=S)NC(C)C. The van der Waals surface area contributed by atoms with Crippen molar-refractivity contribution in [3.8, 4) is 0 Å². The molecule has 136 valence electrons. The molecule has 0 atom stereocenters. The molecule has 0 aromatic rings. The minimum Gasteiger partial charge on any atom is -0.374 e. The number of carbonyl (C=O) groups excluding carboxylic acids is 1. The number of nitrogens with one attached hydrogen (secondary N) is 2. The van der Waals surface area contributed by atoms with Crippen LogP contribution in [-0.2, 0) is 14.3 Å². The normalized spacial score (nSPS) is 12.3. The van der Waals surface area contributed by atoms with Crippen LogP contribution in [-0.4, -0.2) is 47.9 Å². The molecule has 0 aliphatic rings. The van der Waals surface area contributed by atoms with Gasteiger partial charge in [0.2, 0.25) is 0 Å².